The molecule has 0 fully saturated rings. The molecule has 0 unspecified atom stereocenters. The zero-order valence-corrected chi connectivity index (χ0v) is 15.7. The molecule has 0 bridgehead atoms. The molecule has 0 saturated heterocycles. The van der Waals surface area contributed by atoms with E-state index < -0.39 is 11.9 Å². The monoisotopic (exact) mass is 370 g/mol. The Morgan fingerprint density at radius 1 is 1.08 bits per heavy atom. The summed E-state index contributed by atoms with van der Waals surface area (Å²) in [5.74, 6) is -2.20. The van der Waals surface area contributed by atoms with Crippen molar-refractivity contribution >= 4 is 11.9 Å². The van der Waals surface area contributed by atoms with Crippen molar-refractivity contribution in [2.45, 2.75) is 26.7 Å². The SMILES string of the molecule is Cc1cc(OCCOCCNCCN)cc(C(C)C)c1.O=C(O)C(=O)O. The van der Waals surface area contributed by atoms with Crippen LogP contribution in [0.25, 0.3) is 0 Å². The second-order valence-corrected chi connectivity index (χ2v) is 5.84. The number of ether oxygens (including phenoxy) is 2. The molecular weight excluding hydrogens is 340 g/mol. The number of aliphatic carboxylic acids is 2. The molecule has 0 aliphatic carbocycles. The number of carboxylic acid groups (broad SMARTS) is 2. The lowest BCUT2D eigenvalue weighted by molar-refractivity contribution is -0.159. The molecule has 5 N–H and O–H groups in total. The van der Waals surface area contributed by atoms with Crippen LogP contribution in [0.3, 0.4) is 0 Å². The van der Waals surface area contributed by atoms with Gasteiger partial charge in [-0.3, -0.25) is 0 Å². The van der Waals surface area contributed by atoms with E-state index in [-0.39, 0.29) is 0 Å². The molecule has 0 spiro atoms. The molecule has 0 aromatic heterocycles. The molecular formula is C18H30N2O6. The summed E-state index contributed by atoms with van der Waals surface area (Å²) in [6.45, 7) is 10.7. The standard InChI is InChI=1S/C16H28N2O2.C2H2O4/c1-13(2)15-10-14(3)11-16(12-15)20-9-8-19-7-6-18-5-4-17;3-1(4)2(5)6/h10-13,18H,4-9,17H2,1-3H3;(H,3,4)(H,5,6). The van der Waals surface area contributed by atoms with E-state index in [9.17, 15) is 0 Å². The van der Waals surface area contributed by atoms with Crippen molar-refractivity contribution in [2.24, 2.45) is 5.73 Å². The van der Waals surface area contributed by atoms with Crippen molar-refractivity contribution in [3.05, 3.63) is 29.3 Å². The molecule has 8 heteroatoms. The molecule has 148 valence electrons. The molecule has 0 atom stereocenters. The Morgan fingerprint density at radius 2 is 1.73 bits per heavy atom. The third-order valence-corrected chi connectivity index (χ3v) is 3.16. The van der Waals surface area contributed by atoms with Gasteiger partial charge in [-0.15, -0.1) is 0 Å². The maximum Gasteiger partial charge on any atom is 0.414 e. The number of carboxylic acids is 2. The lowest BCUT2D eigenvalue weighted by Crippen LogP contribution is -2.26. The van der Waals surface area contributed by atoms with Gasteiger partial charge in [-0.1, -0.05) is 19.9 Å². The molecule has 0 saturated carbocycles. The first kappa shape index (κ1) is 23.8. The molecule has 8 nitrogen and oxygen atoms in total. The smallest absolute Gasteiger partial charge is 0.414 e. The van der Waals surface area contributed by atoms with Crippen LogP contribution in [0.2, 0.25) is 0 Å². The lowest BCUT2D eigenvalue weighted by atomic mass is 10.0. The molecule has 0 radical (unpaired) electrons. The fourth-order valence-electron chi connectivity index (χ4n) is 1.89. The maximum absolute atomic E-state index is 9.10. The molecule has 1 aromatic carbocycles. The van der Waals surface area contributed by atoms with Crippen LogP contribution in [0, 0.1) is 6.92 Å². The minimum Gasteiger partial charge on any atom is -0.491 e. The highest BCUT2D eigenvalue weighted by Gasteiger charge is 2.04. The first-order valence-electron chi connectivity index (χ1n) is 8.47. The third kappa shape index (κ3) is 12.2. The van der Waals surface area contributed by atoms with Crippen molar-refractivity contribution < 1.29 is 29.3 Å². The van der Waals surface area contributed by atoms with E-state index >= 15 is 0 Å². The molecule has 26 heavy (non-hydrogen) atoms. The Bertz CT molecular complexity index is 536. The van der Waals surface area contributed by atoms with Crippen LogP contribution < -0.4 is 15.8 Å². The van der Waals surface area contributed by atoms with Gasteiger partial charge >= 0.3 is 11.9 Å². The Kier molecular flexibility index (Phi) is 12.9. The van der Waals surface area contributed by atoms with Crippen LogP contribution in [0.1, 0.15) is 30.9 Å². The first-order chi connectivity index (χ1) is 12.3. The highest BCUT2D eigenvalue weighted by Crippen LogP contribution is 2.22. The summed E-state index contributed by atoms with van der Waals surface area (Å²) in [6, 6.07) is 6.38. The molecule has 1 rings (SSSR count). The van der Waals surface area contributed by atoms with Gasteiger partial charge in [0, 0.05) is 19.6 Å². The minimum atomic E-state index is -1.82. The minimum absolute atomic E-state index is 0.516. The van der Waals surface area contributed by atoms with E-state index in [1.807, 2.05) is 0 Å². The zero-order chi connectivity index (χ0) is 19.9. The van der Waals surface area contributed by atoms with E-state index in [1.54, 1.807) is 0 Å². The fourth-order valence-corrected chi connectivity index (χ4v) is 1.89. The van der Waals surface area contributed by atoms with Gasteiger partial charge in [-0.05, 0) is 36.1 Å². The van der Waals surface area contributed by atoms with E-state index in [4.69, 9.17) is 35.0 Å². The number of benzene rings is 1. The number of hydrogen-bond acceptors (Lipinski definition) is 6. The predicted octanol–water partition coefficient (Wildman–Crippen LogP) is 1.22. The quantitative estimate of drug-likeness (QED) is 0.357. The van der Waals surface area contributed by atoms with Crippen LogP contribution in [-0.4, -0.2) is 61.6 Å². The van der Waals surface area contributed by atoms with Crippen LogP contribution in [0.4, 0.5) is 0 Å². The Balaban J connectivity index is 0.000000896. The van der Waals surface area contributed by atoms with Crippen molar-refractivity contribution in [3.8, 4) is 5.75 Å². The highest BCUT2D eigenvalue weighted by molar-refractivity contribution is 6.27. The van der Waals surface area contributed by atoms with Gasteiger partial charge in [0.25, 0.3) is 0 Å². The van der Waals surface area contributed by atoms with Gasteiger partial charge in [0.1, 0.15) is 12.4 Å². The number of nitrogens with two attached hydrogens (primary N) is 1. The Hall–Kier alpha value is -2.16. The summed E-state index contributed by atoms with van der Waals surface area (Å²) in [6.07, 6.45) is 0. The predicted molar refractivity (Wildman–Crippen MR) is 98.8 cm³/mol. The van der Waals surface area contributed by atoms with Gasteiger partial charge in [0.15, 0.2) is 0 Å². The van der Waals surface area contributed by atoms with Gasteiger partial charge in [0.2, 0.25) is 0 Å². The normalized spacial score (nSPS) is 10.2. The molecule has 0 aliphatic heterocycles. The zero-order valence-electron chi connectivity index (χ0n) is 15.7. The number of aryl methyl sites for hydroxylation is 1. The Morgan fingerprint density at radius 3 is 2.27 bits per heavy atom. The van der Waals surface area contributed by atoms with Crippen molar-refractivity contribution in [2.75, 3.05) is 39.5 Å². The highest BCUT2D eigenvalue weighted by atomic mass is 16.5. The molecule has 0 aliphatic rings. The van der Waals surface area contributed by atoms with Gasteiger partial charge in [-0.2, -0.15) is 0 Å². The molecule has 0 amide bonds. The largest absolute Gasteiger partial charge is 0.491 e. The van der Waals surface area contributed by atoms with E-state index in [2.05, 4.69) is 44.3 Å². The summed E-state index contributed by atoms with van der Waals surface area (Å²) in [5, 5.41) is 18.0. The Labute approximate surface area is 154 Å². The van der Waals surface area contributed by atoms with Gasteiger partial charge in [-0.25, -0.2) is 9.59 Å². The van der Waals surface area contributed by atoms with Crippen molar-refractivity contribution in [3.63, 3.8) is 0 Å². The van der Waals surface area contributed by atoms with E-state index in [0.29, 0.717) is 32.3 Å². The second-order valence-electron chi connectivity index (χ2n) is 5.84. The number of rotatable bonds is 10. The van der Waals surface area contributed by atoms with Crippen molar-refractivity contribution in [1.82, 2.24) is 5.32 Å². The summed E-state index contributed by atoms with van der Waals surface area (Å²) >= 11 is 0. The summed E-state index contributed by atoms with van der Waals surface area (Å²) in [5.41, 5.74) is 7.92. The van der Waals surface area contributed by atoms with Crippen LogP contribution in [0.5, 0.6) is 5.75 Å². The number of nitrogens with one attached hydrogen (secondary N) is 1. The average Bonchev–Trinajstić information content (AvgIpc) is 2.57. The molecule has 1 aromatic rings. The van der Waals surface area contributed by atoms with Crippen molar-refractivity contribution in [1.29, 1.82) is 0 Å². The first-order valence-corrected chi connectivity index (χ1v) is 8.47. The summed E-state index contributed by atoms with van der Waals surface area (Å²) in [4.78, 5) is 18.2. The molecule has 0 heterocycles. The lowest BCUT2D eigenvalue weighted by Gasteiger charge is -2.12. The average molecular weight is 370 g/mol. The summed E-state index contributed by atoms with van der Waals surface area (Å²) in [7, 11) is 0. The maximum atomic E-state index is 9.10. The summed E-state index contributed by atoms with van der Waals surface area (Å²) < 4.78 is 11.2. The van der Waals surface area contributed by atoms with Gasteiger partial charge in [0.05, 0.1) is 13.2 Å². The second kappa shape index (κ2) is 14.1. The van der Waals surface area contributed by atoms with E-state index in [1.165, 1.54) is 11.1 Å². The number of hydrogen-bond donors (Lipinski definition) is 4. The van der Waals surface area contributed by atoms with Crippen LogP contribution in [0.15, 0.2) is 18.2 Å². The topological polar surface area (TPSA) is 131 Å². The fraction of sp³-hybridized carbons (Fsp3) is 0.556. The van der Waals surface area contributed by atoms with Crippen LogP contribution >= 0.6 is 0 Å². The van der Waals surface area contributed by atoms with E-state index in [0.717, 1.165) is 18.8 Å². The number of carbonyl (C=O) groups is 2. The van der Waals surface area contributed by atoms with Gasteiger partial charge < -0.3 is 30.7 Å². The third-order valence-electron chi connectivity index (χ3n) is 3.16. The van der Waals surface area contributed by atoms with Crippen LogP contribution in [-0.2, 0) is 14.3 Å².